The van der Waals surface area contributed by atoms with Gasteiger partial charge in [-0.05, 0) is 98.5 Å². The Morgan fingerprint density at radius 2 is 0.894 bits per heavy atom. The normalized spacial score (nSPS) is 12.0. The van der Waals surface area contributed by atoms with Crippen LogP contribution < -0.4 is 30.7 Å². The summed E-state index contributed by atoms with van der Waals surface area (Å²) in [5.74, 6) is -3.48. The minimum Gasteiger partial charge on any atom is -0.491 e. The summed E-state index contributed by atoms with van der Waals surface area (Å²) in [4.78, 5) is 78.7. The number of amides is 4. The Morgan fingerprint density at radius 1 is 0.530 bits per heavy atom. The lowest BCUT2D eigenvalue weighted by atomic mass is 10.1. The van der Waals surface area contributed by atoms with Crippen molar-refractivity contribution in [3.8, 4) is 11.5 Å². The van der Waals surface area contributed by atoms with Crippen molar-refractivity contribution in [3.05, 3.63) is 129 Å². The first-order valence-corrected chi connectivity index (χ1v) is 21.7. The second-order valence-corrected chi connectivity index (χ2v) is 15.6. The van der Waals surface area contributed by atoms with Gasteiger partial charge in [0.2, 0.25) is 12.1 Å². The van der Waals surface area contributed by atoms with Crippen LogP contribution in [0.5, 0.6) is 11.5 Å². The number of alkyl halides is 2. The van der Waals surface area contributed by atoms with Gasteiger partial charge < -0.3 is 30.7 Å². The van der Waals surface area contributed by atoms with Gasteiger partial charge in [0.15, 0.2) is 23.1 Å². The predicted molar refractivity (Wildman–Crippen MR) is 255 cm³/mol. The van der Waals surface area contributed by atoms with Gasteiger partial charge in [-0.2, -0.15) is 20.5 Å². The molecule has 0 saturated heterocycles. The average Bonchev–Trinajstić information content (AvgIpc) is 3.29. The number of rotatable bonds is 20. The summed E-state index contributed by atoms with van der Waals surface area (Å²) in [6.07, 6.45) is 1.35. The van der Waals surface area contributed by atoms with E-state index < -0.39 is 47.3 Å². The number of carbonyl (C=O) groups excluding carboxylic acids is 6. The van der Waals surface area contributed by atoms with Crippen molar-refractivity contribution in [1.82, 2.24) is 0 Å². The van der Waals surface area contributed by atoms with E-state index in [1.54, 1.807) is 24.3 Å². The number of aryl methyl sites for hydroxylation is 2. The highest BCUT2D eigenvalue weighted by atomic mass is 35.5. The average molecular weight is 977 g/mol. The van der Waals surface area contributed by atoms with Crippen LogP contribution in [0.3, 0.4) is 0 Å². The number of benzene rings is 5. The fraction of sp³-hybridized carbons (Fsp3) is 0.217. The number of methoxy groups -OCH3 is 2. The van der Waals surface area contributed by atoms with Crippen LogP contribution in [0.25, 0.3) is 0 Å². The SMILES string of the molecule is COc1c(NC(=O)C(N=Nc2cccc(C(=O)Nc3ccc(CCCl)cc3)c2Cl)C(C)=O)ccc(NC(=O)C(N=Nc2cccc(C(=O)Nc3ccc(CCCl)cc3)c2Cl)C(C)=O)c1OC. The second-order valence-electron chi connectivity index (χ2n) is 14.1. The molecule has 0 aliphatic carbocycles. The van der Waals surface area contributed by atoms with E-state index in [0.717, 1.165) is 25.0 Å². The Bertz CT molecular complexity index is 2500. The molecule has 4 amide bonds. The van der Waals surface area contributed by atoms with Crippen LogP contribution >= 0.6 is 46.4 Å². The zero-order valence-electron chi connectivity index (χ0n) is 35.8. The van der Waals surface area contributed by atoms with Gasteiger partial charge >= 0.3 is 0 Å². The highest BCUT2D eigenvalue weighted by molar-refractivity contribution is 6.37. The molecule has 0 radical (unpaired) electrons. The maximum atomic E-state index is 13.5. The topological polar surface area (TPSA) is 218 Å². The van der Waals surface area contributed by atoms with E-state index in [-0.39, 0.29) is 55.4 Å². The van der Waals surface area contributed by atoms with E-state index in [9.17, 15) is 28.8 Å². The Labute approximate surface area is 399 Å². The van der Waals surface area contributed by atoms with Gasteiger partial charge in [-0.1, -0.05) is 59.6 Å². The minimum absolute atomic E-state index is 0.0101. The monoisotopic (exact) mass is 974 g/mol. The zero-order chi connectivity index (χ0) is 47.9. The lowest BCUT2D eigenvalue weighted by molar-refractivity contribution is -0.127. The number of hydrogen-bond acceptors (Lipinski definition) is 12. The van der Waals surface area contributed by atoms with Crippen molar-refractivity contribution in [2.75, 3.05) is 47.2 Å². The molecular formula is C46H42Cl4N8O8. The fourth-order valence-electron chi connectivity index (χ4n) is 6.11. The van der Waals surface area contributed by atoms with Crippen molar-refractivity contribution in [2.24, 2.45) is 20.5 Å². The Kier molecular flexibility index (Phi) is 18.3. The number of Topliss-reactive ketones (excluding diaryl/α,β-unsaturated/α-hetero) is 2. The summed E-state index contributed by atoms with van der Waals surface area (Å²) in [5.41, 5.74) is 3.25. The Morgan fingerprint density at radius 3 is 1.21 bits per heavy atom. The molecule has 20 heteroatoms. The number of nitrogens with zero attached hydrogens (tertiary/aromatic N) is 4. The summed E-state index contributed by atoms with van der Waals surface area (Å²) in [6.45, 7) is 2.28. The molecule has 0 aromatic heterocycles. The molecular weight excluding hydrogens is 934 g/mol. The van der Waals surface area contributed by atoms with Gasteiger partial charge in [-0.25, -0.2) is 0 Å². The lowest BCUT2D eigenvalue weighted by Gasteiger charge is -2.19. The molecule has 2 atom stereocenters. The molecule has 0 saturated carbocycles. The molecule has 16 nitrogen and oxygen atoms in total. The summed E-state index contributed by atoms with van der Waals surface area (Å²) in [6, 6.07) is 22.5. The van der Waals surface area contributed by atoms with E-state index in [1.165, 1.54) is 62.8 Å². The van der Waals surface area contributed by atoms with Gasteiger partial charge in [0.1, 0.15) is 11.4 Å². The molecule has 5 aromatic carbocycles. The zero-order valence-corrected chi connectivity index (χ0v) is 38.8. The van der Waals surface area contributed by atoms with E-state index in [0.29, 0.717) is 36.0 Å². The fourth-order valence-corrected chi connectivity index (χ4v) is 7.05. The van der Waals surface area contributed by atoms with E-state index in [2.05, 4.69) is 41.7 Å². The van der Waals surface area contributed by atoms with Crippen LogP contribution in [0.2, 0.25) is 10.0 Å². The largest absolute Gasteiger partial charge is 0.491 e. The van der Waals surface area contributed by atoms with Crippen LogP contribution in [0, 0.1) is 0 Å². The molecule has 4 N–H and O–H groups in total. The van der Waals surface area contributed by atoms with Crippen molar-refractivity contribution >= 4 is 116 Å². The van der Waals surface area contributed by atoms with E-state index in [1.807, 2.05) is 24.3 Å². The lowest BCUT2D eigenvalue weighted by Crippen LogP contribution is -2.32. The van der Waals surface area contributed by atoms with E-state index in [4.69, 9.17) is 55.9 Å². The number of hydrogen-bond donors (Lipinski definition) is 4. The van der Waals surface area contributed by atoms with Crippen LogP contribution in [0.15, 0.2) is 118 Å². The van der Waals surface area contributed by atoms with Crippen LogP contribution in [-0.4, -0.2) is 73.3 Å². The molecule has 0 aliphatic heterocycles. The van der Waals surface area contributed by atoms with Gasteiger partial charge in [0, 0.05) is 23.1 Å². The third kappa shape index (κ3) is 13.0. The molecule has 2 unspecified atom stereocenters. The quantitative estimate of drug-likeness (QED) is 0.0333. The number of halogens is 4. The number of nitrogens with one attached hydrogen (secondary N) is 4. The van der Waals surface area contributed by atoms with Crippen LogP contribution in [0.1, 0.15) is 45.7 Å². The van der Waals surface area contributed by atoms with Crippen molar-refractivity contribution in [2.45, 2.75) is 38.8 Å². The third-order valence-corrected chi connectivity index (χ3v) is 10.7. The molecule has 342 valence electrons. The molecule has 0 spiro atoms. The number of ketones is 2. The first kappa shape index (κ1) is 50.3. The smallest absolute Gasteiger partial charge is 0.258 e. The van der Waals surface area contributed by atoms with Crippen molar-refractivity contribution in [3.63, 3.8) is 0 Å². The molecule has 5 rings (SSSR count). The predicted octanol–water partition coefficient (Wildman–Crippen LogP) is 10.4. The summed E-state index contributed by atoms with van der Waals surface area (Å²) < 4.78 is 11.1. The second kappa shape index (κ2) is 24.0. The Balaban J connectivity index is 1.29. The highest BCUT2D eigenvalue weighted by Crippen LogP contribution is 2.42. The summed E-state index contributed by atoms with van der Waals surface area (Å²) >= 11 is 24.7. The summed E-state index contributed by atoms with van der Waals surface area (Å²) in [7, 11) is 2.54. The van der Waals surface area contributed by atoms with Crippen molar-refractivity contribution in [1.29, 1.82) is 0 Å². The van der Waals surface area contributed by atoms with Gasteiger partial charge in [0.25, 0.3) is 23.6 Å². The molecule has 0 heterocycles. The number of anilines is 4. The standard InChI is InChI=1S/C46H42Cl4N8O8/c1-25(59)39(57-55-33-9-5-7-31(37(33)49)43(61)51-29-15-11-27(12-16-29)21-23-47)45(63)53-35-19-20-36(42(66-4)41(35)65-3)54-46(64)40(26(2)60)58-56-34-10-6-8-32(38(34)50)44(62)52-30-17-13-28(14-18-30)22-24-48/h5-20,39-40H,21-24H2,1-4H3,(H,51,61)(H,52,62)(H,53,63)(H,54,64). The van der Waals surface area contributed by atoms with Crippen molar-refractivity contribution < 1.29 is 38.2 Å². The maximum absolute atomic E-state index is 13.5. The maximum Gasteiger partial charge on any atom is 0.258 e. The molecule has 0 aliphatic rings. The van der Waals surface area contributed by atoms with E-state index >= 15 is 0 Å². The minimum atomic E-state index is -1.68. The highest BCUT2D eigenvalue weighted by Gasteiger charge is 2.29. The number of ether oxygens (including phenoxy) is 2. The summed E-state index contributed by atoms with van der Waals surface area (Å²) in [5, 5.41) is 26.5. The third-order valence-electron chi connectivity index (χ3n) is 9.50. The number of azo groups is 2. The first-order valence-electron chi connectivity index (χ1n) is 19.9. The Hall–Kier alpha value is -6.72. The molecule has 0 fully saturated rings. The molecule has 0 bridgehead atoms. The van der Waals surface area contributed by atoms with Crippen LogP contribution in [0.4, 0.5) is 34.1 Å². The molecule has 5 aromatic rings. The molecule has 66 heavy (non-hydrogen) atoms. The van der Waals surface area contributed by atoms with Crippen LogP contribution in [-0.2, 0) is 32.0 Å². The van der Waals surface area contributed by atoms with Gasteiger partial charge in [0.05, 0.1) is 46.8 Å². The first-order chi connectivity index (χ1) is 31.7. The number of carbonyl (C=O) groups is 6. The van der Waals surface area contributed by atoms with Gasteiger partial charge in [-0.15, -0.1) is 23.2 Å². The van der Waals surface area contributed by atoms with Gasteiger partial charge in [-0.3, -0.25) is 28.8 Å².